The molecule has 2 nitrogen and oxygen atoms in total. The quantitative estimate of drug-likeness (QED) is 0.832. The average molecular weight is 299 g/mol. The Morgan fingerprint density at radius 3 is 2.65 bits per heavy atom. The maximum Gasteiger partial charge on any atom is 0.0247 e. The summed E-state index contributed by atoms with van der Waals surface area (Å²) in [5, 5.41) is 4.67. The fourth-order valence-electron chi connectivity index (χ4n) is 4.13. The van der Waals surface area contributed by atoms with Gasteiger partial charge in [0.1, 0.15) is 0 Å². The zero-order chi connectivity index (χ0) is 14.5. The van der Waals surface area contributed by atoms with E-state index in [1.807, 2.05) is 0 Å². The molecule has 118 valence electrons. The summed E-state index contributed by atoms with van der Waals surface area (Å²) in [5.74, 6) is 0.759. The molecule has 0 amide bonds. The zero-order valence-electron chi connectivity index (χ0n) is 13.9. The van der Waals surface area contributed by atoms with Gasteiger partial charge in [-0.05, 0) is 31.4 Å². The normalized spacial score (nSPS) is 36.5. The van der Waals surface area contributed by atoms with Gasteiger partial charge in [-0.2, -0.15) is 11.8 Å². The van der Waals surface area contributed by atoms with E-state index in [0.29, 0.717) is 0 Å². The molecule has 1 saturated heterocycles. The zero-order valence-corrected chi connectivity index (χ0v) is 14.7. The molecule has 0 aromatic rings. The summed E-state index contributed by atoms with van der Waals surface area (Å²) in [5.41, 5.74) is 0. The number of thioether (sulfide) groups is 1. The summed E-state index contributed by atoms with van der Waals surface area (Å²) < 4.78 is 0. The lowest BCUT2D eigenvalue weighted by Crippen LogP contribution is -2.63. The lowest BCUT2D eigenvalue weighted by molar-refractivity contribution is 0.0405. The molecule has 0 aromatic carbocycles. The summed E-state index contributed by atoms with van der Waals surface area (Å²) in [4.78, 5) is 2.90. The summed E-state index contributed by atoms with van der Waals surface area (Å²) in [7, 11) is 0. The van der Waals surface area contributed by atoms with E-state index in [0.717, 1.165) is 29.3 Å². The van der Waals surface area contributed by atoms with Gasteiger partial charge >= 0.3 is 0 Å². The van der Waals surface area contributed by atoms with Gasteiger partial charge in [-0.15, -0.1) is 0 Å². The van der Waals surface area contributed by atoms with Crippen LogP contribution in [0.3, 0.4) is 0 Å². The number of rotatable bonds is 5. The standard InChI is InChI=1S/C17H34N2S/c1-5-8-14-12-19(16(11-18-14)13(2)3)15-9-6-7-10-17(15)20-4/h13-18H,5-12H2,1-4H3. The minimum absolute atomic E-state index is 0.722. The lowest BCUT2D eigenvalue weighted by atomic mass is 9.88. The van der Waals surface area contributed by atoms with Crippen LogP contribution in [0.15, 0.2) is 0 Å². The average Bonchev–Trinajstić information content (AvgIpc) is 2.47. The summed E-state index contributed by atoms with van der Waals surface area (Å²) in [6, 6.07) is 2.29. The maximum absolute atomic E-state index is 3.80. The van der Waals surface area contributed by atoms with E-state index in [4.69, 9.17) is 0 Å². The van der Waals surface area contributed by atoms with E-state index in [9.17, 15) is 0 Å². The van der Waals surface area contributed by atoms with Crippen LogP contribution in [0.25, 0.3) is 0 Å². The highest BCUT2D eigenvalue weighted by Gasteiger charge is 2.38. The topological polar surface area (TPSA) is 15.3 Å². The SMILES string of the molecule is CCCC1CN(C2CCCCC2SC)C(C(C)C)CN1. The first-order chi connectivity index (χ1) is 9.67. The fraction of sp³-hybridized carbons (Fsp3) is 1.00. The van der Waals surface area contributed by atoms with Crippen LogP contribution in [-0.4, -0.2) is 47.6 Å². The van der Waals surface area contributed by atoms with E-state index in [-0.39, 0.29) is 0 Å². The molecule has 1 saturated carbocycles. The molecule has 1 aliphatic carbocycles. The highest BCUT2D eigenvalue weighted by atomic mass is 32.2. The third-order valence-corrected chi connectivity index (χ3v) is 6.43. The first-order valence-corrected chi connectivity index (χ1v) is 9.98. The van der Waals surface area contributed by atoms with E-state index in [1.54, 1.807) is 0 Å². The van der Waals surface area contributed by atoms with Gasteiger partial charge in [0, 0.05) is 36.5 Å². The number of hydrogen-bond acceptors (Lipinski definition) is 3. The molecule has 3 heteroatoms. The van der Waals surface area contributed by atoms with Crippen LogP contribution < -0.4 is 5.32 Å². The number of nitrogens with one attached hydrogen (secondary N) is 1. The van der Waals surface area contributed by atoms with Gasteiger partial charge in [0.05, 0.1) is 0 Å². The van der Waals surface area contributed by atoms with Gasteiger partial charge in [-0.3, -0.25) is 4.90 Å². The molecule has 1 aliphatic heterocycles. The monoisotopic (exact) mass is 298 g/mol. The minimum atomic E-state index is 0.722. The molecular formula is C17H34N2S. The lowest BCUT2D eigenvalue weighted by Gasteiger charge is -2.49. The second-order valence-corrected chi connectivity index (χ2v) is 8.10. The Kier molecular flexibility index (Phi) is 6.70. The van der Waals surface area contributed by atoms with Crippen molar-refractivity contribution in [2.45, 2.75) is 82.7 Å². The van der Waals surface area contributed by atoms with Gasteiger partial charge in [0.15, 0.2) is 0 Å². The van der Waals surface area contributed by atoms with Crippen LogP contribution >= 0.6 is 11.8 Å². The molecule has 0 spiro atoms. The Labute approximate surface area is 130 Å². The second-order valence-electron chi connectivity index (χ2n) is 7.03. The first-order valence-electron chi connectivity index (χ1n) is 8.69. The van der Waals surface area contributed by atoms with Crippen molar-refractivity contribution in [3.63, 3.8) is 0 Å². The number of piperazine rings is 1. The minimum Gasteiger partial charge on any atom is -0.311 e. The Hall–Kier alpha value is 0.270. The van der Waals surface area contributed by atoms with Crippen LogP contribution in [0, 0.1) is 5.92 Å². The molecule has 4 atom stereocenters. The van der Waals surface area contributed by atoms with Crippen LogP contribution in [0.4, 0.5) is 0 Å². The molecule has 2 rings (SSSR count). The molecular weight excluding hydrogens is 264 g/mol. The maximum atomic E-state index is 3.80. The smallest absolute Gasteiger partial charge is 0.0247 e. The molecule has 4 unspecified atom stereocenters. The van der Waals surface area contributed by atoms with Crippen molar-refractivity contribution in [1.82, 2.24) is 10.2 Å². The van der Waals surface area contributed by atoms with E-state index >= 15 is 0 Å². The predicted molar refractivity (Wildman–Crippen MR) is 91.6 cm³/mol. The van der Waals surface area contributed by atoms with Crippen LogP contribution in [-0.2, 0) is 0 Å². The van der Waals surface area contributed by atoms with Gasteiger partial charge in [-0.1, -0.05) is 40.0 Å². The first kappa shape index (κ1) is 16.6. The molecule has 1 N–H and O–H groups in total. The Balaban J connectivity index is 2.08. The van der Waals surface area contributed by atoms with E-state index < -0.39 is 0 Å². The highest BCUT2D eigenvalue weighted by Crippen LogP contribution is 2.34. The van der Waals surface area contributed by atoms with Gasteiger partial charge in [-0.25, -0.2) is 0 Å². The highest BCUT2D eigenvalue weighted by molar-refractivity contribution is 7.99. The molecule has 2 aliphatic rings. The summed E-state index contributed by atoms with van der Waals surface area (Å²) >= 11 is 2.11. The third kappa shape index (κ3) is 3.92. The van der Waals surface area contributed by atoms with Gasteiger partial charge < -0.3 is 5.32 Å². The van der Waals surface area contributed by atoms with Crippen LogP contribution in [0.2, 0.25) is 0 Å². The largest absolute Gasteiger partial charge is 0.311 e. The predicted octanol–water partition coefficient (Wildman–Crippen LogP) is 3.76. The molecule has 0 radical (unpaired) electrons. The Bertz CT molecular complexity index is 282. The number of nitrogens with zero attached hydrogens (tertiary/aromatic N) is 1. The van der Waals surface area contributed by atoms with E-state index in [1.165, 1.54) is 51.6 Å². The van der Waals surface area contributed by atoms with Crippen molar-refractivity contribution in [2.24, 2.45) is 5.92 Å². The van der Waals surface area contributed by atoms with Crippen molar-refractivity contribution in [2.75, 3.05) is 19.3 Å². The van der Waals surface area contributed by atoms with E-state index in [2.05, 4.69) is 49.0 Å². The molecule has 2 fully saturated rings. The van der Waals surface area contributed by atoms with Crippen molar-refractivity contribution in [3.8, 4) is 0 Å². The van der Waals surface area contributed by atoms with Crippen LogP contribution in [0.5, 0.6) is 0 Å². The van der Waals surface area contributed by atoms with Crippen molar-refractivity contribution < 1.29 is 0 Å². The summed E-state index contributed by atoms with van der Waals surface area (Å²) in [6.45, 7) is 9.58. The Morgan fingerprint density at radius 2 is 2.00 bits per heavy atom. The van der Waals surface area contributed by atoms with Gasteiger partial charge in [0.2, 0.25) is 0 Å². The molecule has 0 aromatic heterocycles. The second kappa shape index (κ2) is 8.05. The molecule has 0 bridgehead atoms. The van der Waals surface area contributed by atoms with Crippen molar-refractivity contribution >= 4 is 11.8 Å². The van der Waals surface area contributed by atoms with Crippen molar-refractivity contribution in [3.05, 3.63) is 0 Å². The molecule has 20 heavy (non-hydrogen) atoms. The summed E-state index contributed by atoms with van der Waals surface area (Å²) in [6.07, 6.45) is 10.7. The van der Waals surface area contributed by atoms with Gasteiger partial charge in [0.25, 0.3) is 0 Å². The van der Waals surface area contributed by atoms with Crippen LogP contribution in [0.1, 0.15) is 59.3 Å². The van der Waals surface area contributed by atoms with Crippen molar-refractivity contribution in [1.29, 1.82) is 0 Å². The molecule has 1 heterocycles. The fourth-order valence-corrected chi connectivity index (χ4v) is 5.14. The third-order valence-electron chi connectivity index (χ3n) is 5.28. The number of hydrogen-bond donors (Lipinski definition) is 1. The Morgan fingerprint density at radius 1 is 1.25 bits per heavy atom.